The van der Waals surface area contributed by atoms with E-state index in [9.17, 15) is 13.6 Å². The van der Waals surface area contributed by atoms with Gasteiger partial charge in [-0.05, 0) is 22.6 Å². The Morgan fingerprint density at radius 2 is 2.12 bits per heavy atom. The fourth-order valence-electron chi connectivity index (χ4n) is 1.27. The molecular weight excluding hydrogens is 234 g/mol. The van der Waals surface area contributed by atoms with E-state index in [4.69, 9.17) is 0 Å². The van der Waals surface area contributed by atoms with Crippen LogP contribution < -0.4 is 10.4 Å². The van der Waals surface area contributed by atoms with Crippen LogP contribution >= 0.6 is 0 Å². The van der Waals surface area contributed by atoms with Gasteiger partial charge in [0.2, 0.25) is 0 Å². The van der Waals surface area contributed by atoms with Crippen molar-refractivity contribution < 1.29 is 13.5 Å². The van der Waals surface area contributed by atoms with Gasteiger partial charge in [0.15, 0.2) is 0 Å². The third kappa shape index (κ3) is 2.30. The highest BCUT2D eigenvalue weighted by atomic mass is 19.3. The fraction of sp³-hybridized carbons (Fsp3) is 0.222. The van der Waals surface area contributed by atoms with Crippen molar-refractivity contribution in [1.29, 1.82) is 0 Å². The zero-order valence-corrected chi connectivity index (χ0v) is 8.75. The Hall–Kier alpha value is -2.25. The first kappa shape index (κ1) is 11.2. The van der Waals surface area contributed by atoms with Crippen molar-refractivity contribution in [3.8, 4) is 11.4 Å². The Bertz CT molecular complexity index is 578. The van der Waals surface area contributed by atoms with Crippen molar-refractivity contribution in [1.82, 2.24) is 19.8 Å². The third-order valence-corrected chi connectivity index (χ3v) is 2.01. The van der Waals surface area contributed by atoms with Crippen molar-refractivity contribution in [2.45, 2.75) is 6.61 Å². The molecular formula is C9H8F2N4O2. The van der Waals surface area contributed by atoms with Crippen LogP contribution in [-0.4, -0.2) is 26.4 Å². The predicted molar refractivity (Wildman–Crippen MR) is 53.2 cm³/mol. The van der Waals surface area contributed by atoms with E-state index in [1.54, 1.807) is 0 Å². The minimum atomic E-state index is -2.91. The standard InChI is InChI=1S/C9H8F2N4O2/c1-14-9(16)15(13-12-14)6-3-2-4-7(5-6)17-8(10)11/h2-5,8H,1H3. The number of benzene rings is 1. The van der Waals surface area contributed by atoms with Crippen LogP contribution in [0, 0.1) is 0 Å². The number of nitrogens with zero attached hydrogens (tertiary/aromatic N) is 4. The number of tetrazole rings is 1. The maximum atomic E-state index is 12.0. The number of ether oxygens (including phenoxy) is 1. The maximum absolute atomic E-state index is 12.0. The molecule has 1 heterocycles. The molecule has 0 atom stereocenters. The largest absolute Gasteiger partial charge is 0.435 e. The van der Waals surface area contributed by atoms with E-state index in [0.29, 0.717) is 5.69 Å². The van der Waals surface area contributed by atoms with Crippen molar-refractivity contribution in [3.05, 3.63) is 34.7 Å². The Labute approximate surface area is 94.0 Å². The van der Waals surface area contributed by atoms with Gasteiger partial charge in [-0.2, -0.15) is 18.1 Å². The summed E-state index contributed by atoms with van der Waals surface area (Å²) in [6.07, 6.45) is 0. The lowest BCUT2D eigenvalue weighted by Gasteiger charge is -2.05. The van der Waals surface area contributed by atoms with Gasteiger partial charge in [0.1, 0.15) is 5.75 Å². The summed E-state index contributed by atoms with van der Waals surface area (Å²) >= 11 is 0. The molecule has 0 aliphatic heterocycles. The molecule has 0 N–H and O–H groups in total. The molecule has 17 heavy (non-hydrogen) atoms. The normalized spacial score (nSPS) is 10.8. The smallest absolute Gasteiger partial charge is 0.387 e. The molecule has 0 spiro atoms. The molecule has 0 aliphatic carbocycles. The third-order valence-electron chi connectivity index (χ3n) is 2.01. The Morgan fingerprint density at radius 3 is 2.71 bits per heavy atom. The molecule has 1 aromatic heterocycles. The first-order valence-corrected chi connectivity index (χ1v) is 4.62. The van der Waals surface area contributed by atoms with Gasteiger partial charge in [-0.3, -0.25) is 0 Å². The molecule has 90 valence electrons. The van der Waals surface area contributed by atoms with E-state index in [2.05, 4.69) is 15.2 Å². The molecule has 0 saturated heterocycles. The van der Waals surface area contributed by atoms with Crippen LogP contribution in [0.15, 0.2) is 29.1 Å². The second-order valence-corrected chi connectivity index (χ2v) is 3.17. The number of hydrogen-bond donors (Lipinski definition) is 0. The second-order valence-electron chi connectivity index (χ2n) is 3.17. The van der Waals surface area contributed by atoms with E-state index in [1.165, 1.54) is 31.3 Å². The lowest BCUT2D eigenvalue weighted by Crippen LogP contribution is -2.21. The maximum Gasteiger partial charge on any atom is 0.387 e. The molecule has 0 bridgehead atoms. The Balaban J connectivity index is 2.40. The molecule has 0 fully saturated rings. The summed E-state index contributed by atoms with van der Waals surface area (Å²) in [6.45, 7) is -2.91. The van der Waals surface area contributed by atoms with Crippen LogP contribution in [0.2, 0.25) is 0 Å². The quantitative estimate of drug-likeness (QED) is 0.789. The summed E-state index contributed by atoms with van der Waals surface area (Å²) in [5.41, 5.74) is -0.166. The summed E-state index contributed by atoms with van der Waals surface area (Å²) in [5.74, 6) is -0.0462. The van der Waals surface area contributed by atoms with Crippen LogP contribution in [0.4, 0.5) is 8.78 Å². The summed E-state index contributed by atoms with van der Waals surface area (Å²) in [6, 6.07) is 5.65. The highest BCUT2D eigenvalue weighted by Gasteiger charge is 2.09. The molecule has 6 nitrogen and oxygen atoms in total. The Morgan fingerprint density at radius 1 is 1.35 bits per heavy atom. The molecule has 0 radical (unpaired) electrons. The topological polar surface area (TPSA) is 61.9 Å². The minimum Gasteiger partial charge on any atom is -0.435 e. The van der Waals surface area contributed by atoms with Crippen molar-refractivity contribution in [3.63, 3.8) is 0 Å². The molecule has 0 unspecified atom stereocenters. The monoisotopic (exact) mass is 242 g/mol. The summed E-state index contributed by atoms with van der Waals surface area (Å²) in [4.78, 5) is 11.5. The number of hydrogen-bond acceptors (Lipinski definition) is 4. The SMILES string of the molecule is Cn1nnn(-c2cccc(OC(F)F)c2)c1=O. The van der Waals surface area contributed by atoms with Gasteiger partial charge < -0.3 is 4.74 Å². The average molecular weight is 242 g/mol. The summed E-state index contributed by atoms with van der Waals surface area (Å²) in [7, 11) is 1.44. The highest BCUT2D eigenvalue weighted by Crippen LogP contribution is 2.17. The van der Waals surface area contributed by atoms with Crippen molar-refractivity contribution >= 4 is 0 Å². The Kier molecular flexibility index (Phi) is 2.86. The molecule has 0 saturated carbocycles. The average Bonchev–Trinajstić information content (AvgIpc) is 2.59. The summed E-state index contributed by atoms with van der Waals surface area (Å²) in [5, 5.41) is 7.09. The molecule has 0 aliphatic rings. The minimum absolute atomic E-state index is 0.0462. The van der Waals surface area contributed by atoms with Gasteiger partial charge in [-0.15, -0.1) is 0 Å². The van der Waals surface area contributed by atoms with Crippen LogP contribution in [0.5, 0.6) is 5.75 Å². The number of halogens is 2. The predicted octanol–water partition coefficient (Wildman–Crippen LogP) is 0.567. The van der Waals surface area contributed by atoms with Crippen molar-refractivity contribution in [2.24, 2.45) is 7.05 Å². The van der Waals surface area contributed by atoms with Crippen LogP contribution in [-0.2, 0) is 7.05 Å². The van der Waals surface area contributed by atoms with E-state index in [0.717, 1.165) is 9.36 Å². The van der Waals surface area contributed by atoms with E-state index in [-0.39, 0.29) is 5.75 Å². The first-order valence-electron chi connectivity index (χ1n) is 4.62. The fourth-order valence-corrected chi connectivity index (χ4v) is 1.27. The van der Waals surface area contributed by atoms with Gasteiger partial charge in [-0.1, -0.05) is 6.07 Å². The molecule has 8 heteroatoms. The van der Waals surface area contributed by atoms with Crippen LogP contribution in [0.1, 0.15) is 0 Å². The van der Waals surface area contributed by atoms with Gasteiger partial charge in [0, 0.05) is 13.1 Å². The lowest BCUT2D eigenvalue weighted by molar-refractivity contribution is -0.0498. The lowest BCUT2D eigenvalue weighted by atomic mass is 10.3. The second kappa shape index (κ2) is 4.32. The summed E-state index contributed by atoms with van der Waals surface area (Å²) < 4.78 is 30.3. The van der Waals surface area contributed by atoms with E-state index in [1.807, 2.05) is 0 Å². The molecule has 1 aromatic carbocycles. The number of rotatable bonds is 3. The van der Waals surface area contributed by atoms with Gasteiger partial charge in [0.05, 0.1) is 5.69 Å². The molecule has 0 amide bonds. The molecule has 2 aromatic rings. The zero-order valence-electron chi connectivity index (χ0n) is 8.75. The highest BCUT2D eigenvalue weighted by molar-refractivity contribution is 5.37. The van der Waals surface area contributed by atoms with Crippen molar-refractivity contribution in [2.75, 3.05) is 0 Å². The van der Waals surface area contributed by atoms with E-state index >= 15 is 0 Å². The number of alkyl halides is 2. The number of aromatic nitrogens is 4. The van der Waals surface area contributed by atoms with Crippen LogP contribution in [0.3, 0.4) is 0 Å². The van der Waals surface area contributed by atoms with Crippen LogP contribution in [0.25, 0.3) is 5.69 Å². The zero-order chi connectivity index (χ0) is 12.4. The first-order chi connectivity index (χ1) is 8.08. The van der Waals surface area contributed by atoms with Gasteiger partial charge in [-0.25, -0.2) is 4.79 Å². The van der Waals surface area contributed by atoms with Gasteiger partial charge >= 0.3 is 12.3 Å². The number of aryl methyl sites for hydroxylation is 1. The van der Waals surface area contributed by atoms with Gasteiger partial charge in [0.25, 0.3) is 0 Å². The molecule has 2 rings (SSSR count). The van der Waals surface area contributed by atoms with E-state index < -0.39 is 12.3 Å².